The Morgan fingerprint density at radius 2 is 2.08 bits per heavy atom. The summed E-state index contributed by atoms with van der Waals surface area (Å²) in [5, 5.41) is -0.00328. The van der Waals surface area contributed by atoms with Gasteiger partial charge in [0.1, 0.15) is 5.52 Å². The number of nitrogens with two attached hydrogens (primary N) is 1. The number of aromatic nitrogens is 2. The fourth-order valence-electron chi connectivity index (χ4n) is 1.77. The van der Waals surface area contributed by atoms with Crippen LogP contribution < -0.4 is 9.92 Å². The van der Waals surface area contributed by atoms with E-state index >= 15 is 0 Å². The zero-order valence-corrected chi connectivity index (χ0v) is 14.0. The Hall–Kier alpha value is -2.40. The summed E-state index contributed by atoms with van der Waals surface area (Å²) in [6.07, 6.45) is 3.97. The molecule has 12 heteroatoms. The standard InChI is InChI=1S/C13H10ClF3N4O3S/c1-19-5-7(4-18)8-6-20-9-2-3-10(21-12(9)11(8)14)24-25(22,23)13(15,16)17/h2-6H,18H2,1H3. The lowest BCUT2D eigenvalue weighted by Gasteiger charge is -2.10. The zero-order valence-electron chi connectivity index (χ0n) is 12.5. The van der Waals surface area contributed by atoms with E-state index in [0.717, 1.165) is 6.07 Å². The van der Waals surface area contributed by atoms with E-state index in [2.05, 4.69) is 19.1 Å². The molecule has 0 unspecified atom stereocenters. The van der Waals surface area contributed by atoms with Crippen molar-refractivity contribution in [3.8, 4) is 5.88 Å². The van der Waals surface area contributed by atoms with E-state index in [1.54, 1.807) is 0 Å². The third kappa shape index (κ3) is 3.82. The van der Waals surface area contributed by atoms with Crippen LogP contribution in [0.15, 0.2) is 29.5 Å². The van der Waals surface area contributed by atoms with Crippen LogP contribution in [0, 0.1) is 0 Å². The monoisotopic (exact) mass is 394 g/mol. The fraction of sp³-hybridized carbons (Fsp3) is 0.154. The normalized spacial score (nSPS) is 13.6. The number of rotatable bonds is 4. The Morgan fingerprint density at radius 1 is 1.40 bits per heavy atom. The molecule has 0 aliphatic rings. The van der Waals surface area contributed by atoms with Crippen molar-refractivity contribution in [2.24, 2.45) is 10.7 Å². The van der Waals surface area contributed by atoms with Gasteiger partial charge in [-0.05, 0) is 6.07 Å². The number of aliphatic imine (C=N–C) groups is 1. The van der Waals surface area contributed by atoms with Gasteiger partial charge in [-0.15, -0.1) is 0 Å². The van der Waals surface area contributed by atoms with Crippen LogP contribution in [0.2, 0.25) is 5.02 Å². The molecule has 2 heterocycles. The first-order valence-corrected chi connectivity index (χ1v) is 8.19. The maximum Gasteiger partial charge on any atom is 0.534 e. The summed E-state index contributed by atoms with van der Waals surface area (Å²) in [7, 11) is -4.35. The van der Waals surface area contributed by atoms with Crippen molar-refractivity contribution in [2.75, 3.05) is 7.05 Å². The number of hydrogen-bond acceptors (Lipinski definition) is 7. The molecular formula is C13H10ClF3N4O3S. The highest BCUT2D eigenvalue weighted by molar-refractivity contribution is 7.87. The number of halogens is 4. The van der Waals surface area contributed by atoms with E-state index in [-0.39, 0.29) is 16.1 Å². The molecule has 0 amide bonds. The molecule has 0 spiro atoms. The molecule has 0 bridgehead atoms. The summed E-state index contributed by atoms with van der Waals surface area (Å²) < 4.78 is 63.3. The molecule has 0 aliphatic heterocycles. The second-order valence-electron chi connectivity index (χ2n) is 4.50. The van der Waals surface area contributed by atoms with E-state index < -0.39 is 21.5 Å². The average Bonchev–Trinajstić information content (AvgIpc) is 2.52. The van der Waals surface area contributed by atoms with Crippen molar-refractivity contribution in [3.05, 3.63) is 35.1 Å². The molecule has 7 nitrogen and oxygen atoms in total. The number of hydrogen-bond donors (Lipinski definition) is 1. The SMILES string of the molecule is CN=CC(=CN)c1cnc2ccc(OS(=O)(=O)C(F)(F)F)nc2c1Cl. The second kappa shape index (κ2) is 6.84. The molecule has 0 saturated heterocycles. The minimum atomic E-state index is -5.85. The first-order chi connectivity index (χ1) is 11.6. The van der Waals surface area contributed by atoms with Crippen molar-refractivity contribution in [3.63, 3.8) is 0 Å². The summed E-state index contributed by atoms with van der Waals surface area (Å²) in [4.78, 5) is 11.5. The van der Waals surface area contributed by atoms with Crippen LogP contribution in [0.5, 0.6) is 5.88 Å². The summed E-state index contributed by atoms with van der Waals surface area (Å²) in [5.41, 5.74) is 0.751. The lowest BCUT2D eigenvalue weighted by molar-refractivity contribution is -0.0501. The van der Waals surface area contributed by atoms with Crippen LogP contribution in [-0.2, 0) is 10.1 Å². The molecule has 2 aromatic heterocycles. The Kier molecular flexibility index (Phi) is 5.18. The van der Waals surface area contributed by atoms with Gasteiger partial charge in [-0.3, -0.25) is 9.98 Å². The predicted molar refractivity (Wildman–Crippen MR) is 86.7 cm³/mol. The molecule has 0 radical (unpaired) electrons. The molecule has 134 valence electrons. The Morgan fingerprint density at radius 3 is 2.64 bits per heavy atom. The first-order valence-electron chi connectivity index (χ1n) is 6.41. The molecule has 0 saturated carbocycles. The largest absolute Gasteiger partial charge is 0.534 e. The molecule has 2 rings (SSSR count). The zero-order chi connectivity index (χ0) is 18.8. The van der Waals surface area contributed by atoms with Crippen molar-refractivity contribution < 1.29 is 25.8 Å². The molecule has 0 aliphatic carbocycles. The van der Waals surface area contributed by atoms with Gasteiger partial charge in [0.15, 0.2) is 0 Å². The van der Waals surface area contributed by atoms with Crippen molar-refractivity contribution in [1.29, 1.82) is 0 Å². The van der Waals surface area contributed by atoms with Crippen LogP contribution in [0.1, 0.15) is 5.56 Å². The molecule has 2 N–H and O–H groups in total. The average molecular weight is 395 g/mol. The van der Waals surface area contributed by atoms with Gasteiger partial charge in [0.2, 0.25) is 5.88 Å². The smallest absolute Gasteiger partial charge is 0.404 e. The highest BCUT2D eigenvalue weighted by atomic mass is 35.5. The van der Waals surface area contributed by atoms with Crippen LogP contribution >= 0.6 is 11.6 Å². The summed E-state index contributed by atoms with van der Waals surface area (Å²) in [5.74, 6) is -0.798. The van der Waals surface area contributed by atoms with Gasteiger partial charge < -0.3 is 9.92 Å². The fourth-order valence-corrected chi connectivity index (χ4v) is 2.48. The van der Waals surface area contributed by atoms with Crippen LogP contribution in [0.3, 0.4) is 0 Å². The van der Waals surface area contributed by atoms with Crippen LogP contribution in [-0.4, -0.2) is 37.2 Å². The van der Waals surface area contributed by atoms with E-state index in [0.29, 0.717) is 11.1 Å². The number of pyridine rings is 2. The predicted octanol–water partition coefficient (Wildman–Crippen LogP) is 2.51. The van der Waals surface area contributed by atoms with E-state index in [9.17, 15) is 21.6 Å². The van der Waals surface area contributed by atoms with Crippen molar-refractivity contribution in [2.45, 2.75) is 5.51 Å². The Bertz CT molecular complexity index is 974. The topological polar surface area (TPSA) is 108 Å². The van der Waals surface area contributed by atoms with Gasteiger partial charge >= 0.3 is 15.6 Å². The maximum atomic E-state index is 12.4. The van der Waals surface area contributed by atoms with E-state index in [1.165, 1.54) is 31.7 Å². The molecule has 0 atom stereocenters. The number of fused-ring (bicyclic) bond motifs is 1. The lowest BCUT2D eigenvalue weighted by atomic mass is 10.1. The quantitative estimate of drug-likeness (QED) is 0.485. The van der Waals surface area contributed by atoms with Crippen molar-refractivity contribution >= 4 is 44.5 Å². The second-order valence-corrected chi connectivity index (χ2v) is 6.41. The number of alkyl halides is 3. The number of allylic oxidation sites excluding steroid dienone is 1. The molecule has 0 fully saturated rings. The lowest BCUT2D eigenvalue weighted by Crippen LogP contribution is -2.28. The highest BCUT2D eigenvalue weighted by Crippen LogP contribution is 2.31. The van der Waals surface area contributed by atoms with Gasteiger partial charge in [-0.2, -0.15) is 21.6 Å². The Labute approximate surface area is 145 Å². The third-order valence-electron chi connectivity index (χ3n) is 2.86. The molecule has 0 aromatic carbocycles. The first kappa shape index (κ1) is 18.9. The third-order valence-corrected chi connectivity index (χ3v) is 4.20. The minimum Gasteiger partial charge on any atom is -0.404 e. The van der Waals surface area contributed by atoms with Gasteiger partial charge in [0.25, 0.3) is 0 Å². The molecular weight excluding hydrogens is 385 g/mol. The van der Waals surface area contributed by atoms with E-state index in [1.807, 2.05) is 0 Å². The highest BCUT2D eigenvalue weighted by Gasteiger charge is 2.48. The minimum absolute atomic E-state index is 0.00328. The maximum absolute atomic E-state index is 12.4. The van der Waals surface area contributed by atoms with Gasteiger partial charge in [-0.1, -0.05) is 11.6 Å². The Balaban J connectivity index is 2.57. The summed E-state index contributed by atoms with van der Waals surface area (Å²) in [6, 6.07) is 2.15. The van der Waals surface area contributed by atoms with Crippen LogP contribution in [0.25, 0.3) is 16.6 Å². The summed E-state index contributed by atoms with van der Waals surface area (Å²) in [6.45, 7) is 0. The van der Waals surface area contributed by atoms with Crippen LogP contribution in [0.4, 0.5) is 13.2 Å². The van der Waals surface area contributed by atoms with Gasteiger partial charge in [0, 0.05) is 42.9 Å². The summed E-state index contributed by atoms with van der Waals surface area (Å²) >= 11 is 6.20. The molecule has 25 heavy (non-hydrogen) atoms. The van der Waals surface area contributed by atoms with Crippen molar-refractivity contribution in [1.82, 2.24) is 9.97 Å². The molecule has 2 aromatic rings. The van der Waals surface area contributed by atoms with Gasteiger partial charge in [0.05, 0.1) is 10.5 Å². The number of nitrogens with zero attached hydrogens (tertiary/aromatic N) is 3. The van der Waals surface area contributed by atoms with Gasteiger partial charge in [-0.25, -0.2) is 4.98 Å². The van der Waals surface area contributed by atoms with E-state index in [4.69, 9.17) is 17.3 Å².